The molecule has 1 aromatic carbocycles. The van der Waals surface area contributed by atoms with E-state index in [1.54, 1.807) is 36.1 Å². The molecule has 0 fully saturated rings. The van der Waals surface area contributed by atoms with Crippen molar-refractivity contribution in [3.8, 4) is 5.75 Å². The fourth-order valence-corrected chi connectivity index (χ4v) is 1.66. The second kappa shape index (κ2) is 5.34. The van der Waals surface area contributed by atoms with Gasteiger partial charge in [0.25, 0.3) is 0 Å². The van der Waals surface area contributed by atoms with Gasteiger partial charge in [0.2, 0.25) is 0 Å². The van der Waals surface area contributed by atoms with Crippen molar-refractivity contribution in [2.24, 2.45) is 7.05 Å². The van der Waals surface area contributed by atoms with Crippen LogP contribution in [-0.4, -0.2) is 26.8 Å². The van der Waals surface area contributed by atoms with Gasteiger partial charge in [0.05, 0.1) is 18.6 Å². The summed E-state index contributed by atoms with van der Waals surface area (Å²) in [6.07, 6.45) is 1.57. The number of anilines is 1. The van der Waals surface area contributed by atoms with Gasteiger partial charge in [-0.2, -0.15) is 0 Å². The number of rotatable bonds is 5. The molecule has 0 spiro atoms. The lowest BCUT2D eigenvalue weighted by atomic mass is 10.2. The highest BCUT2D eigenvalue weighted by atomic mass is 16.6. The highest BCUT2D eigenvalue weighted by Gasteiger charge is 2.20. The summed E-state index contributed by atoms with van der Waals surface area (Å²) in [5, 5.41) is 21.7. The molecule has 8 nitrogen and oxygen atoms in total. The first kappa shape index (κ1) is 12.8. The molecule has 0 atom stereocenters. The van der Waals surface area contributed by atoms with E-state index in [-0.39, 0.29) is 11.4 Å². The van der Waals surface area contributed by atoms with Gasteiger partial charge in [0.1, 0.15) is 12.0 Å². The first-order valence-corrected chi connectivity index (χ1v) is 5.51. The van der Waals surface area contributed by atoms with Crippen molar-refractivity contribution in [2.45, 2.75) is 6.54 Å². The highest BCUT2D eigenvalue weighted by Crippen LogP contribution is 2.34. The molecule has 0 aliphatic heterocycles. The van der Waals surface area contributed by atoms with Gasteiger partial charge in [-0.25, -0.2) is 0 Å². The van der Waals surface area contributed by atoms with Gasteiger partial charge in [-0.1, -0.05) is 6.07 Å². The topological polar surface area (TPSA) is 95.1 Å². The van der Waals surface area contributed by atoms with Crippen LogP contribution in [-0.2, 0) is 13.6 Å². The Morgan fingerprint density at radius 1 is 1.53 bits per heavy atom. The number of aromatic nitrogens is 3. The molecule has 2 rings (SSSR count). The second-order valence-electron chi connectivity index (χ2n) is 3.83. The average molecular weight is 263 g/mol. The fraction of sp³-hybridized carbons (Fsp3) is 0.273. The standard InChI is InChI=1S/C11H13N5O3/c1-15-7-13-14-10(15)6-12-8-4-3-5-9(19-2)11(8)16(17)18/h3-5,7,12H,6H2,1-2H3. The van der Waals surface area contributed by atoms with E-state index in [9.17, 15) is 10.1 Å². The molecule has 19 heavy (non-hydrogen) atoms. The Bertz CT molecular complexity index is 596. The molecule has 1 heterocycles. The lowest BCUT2D eigenvalue weighted by Crippen LogP contribution is -2.07. The van der Waals surface area contributed by atoms with Crippen LogP contribution >= 0.6 is 0 Å². The number of para-hydroxylation sites is 1. The summed E-state index contributed by atoms with van der Waals surface area (Å²) >= 11 is 0. The summed E-state index contributed by atoms with van der Waals surface area (Å²) < 4.78 is 6.73. The lowest BCUT2D eigenvalue weighted by Gasteiger charge is -2.09. The van der Waals surface area contributed by atoms with Gasteiger partial charge in [0.15, 0.2) is 11.6 Å². The molecule has 0 aliphatic carbocycles. The number of nitrogens with one attached hydrogen (secondary N) is 1. The molecule has 2 aromatic rings. The van der Waals surface area contributed by atoms with Crippen molar-refractivity contribution >= 4 is 11.4 Å². The molecular weight excluding hydrogens is 250 g/mol. The molecule has 1 aromatic heterocycles. The number of hydrogen-bond acceptors (Lipinski definition) is 6. The summed E-state index contributed by atoms with van der Waals surface area (Å²) in [6.45, 7) is 0.338. The molecule has 100 valence electrons. The van der Waals surface area contributed by atoms with Crippen LogP contribution in [0.25, 0.3) is 0 Å². The zero-order valence-corrected chi connectivity index (χ0v) is 10.5. The minimum absolute atomic E-state index is 0.0906. The minimum Gasteiger partial charge on any atom is -0.490 e. The lowest BCUT2D eigenvalue weighted by molar-refractivity contribution is -0.384. The van der Waals surface area contributed by atoms with E-state index in [1.165, 1.54) is 7.11 Å². The zero-order chi connectivity index (χ0) is 13.8. The quantitative estimate of drug-likeness (QED) is 0.646. The van der Waals surface area contributed by atoms with Crippen molar-refractivity contribution in [2.75, 3.05) is 12.4 Å². The third kappa shape index (κ3) is 2.62. The third-order valence-electron chi connectivity index (χ3n) is 2.64. The van der Waals surface area contributed by atoms with Crippen molar-refractivity contribution < 1.29 is 9.66 Å². The summed E-state index contributed by atoms with van der Waals surface area (Å²) in [7, 11) is 3.20. The van der Waals surface area contributed by atoms with Crippen LogP contribution in [0.1, 0.15) is 5.82 Å². The maximum Gasteiger partial charge on any atom is 0.333 e. The molecule has 0 amide bonds. The fourth-order valence-electron chi connectivity index (χ4n) is 1.66. The Morgan fingerprint density at radius 3 is 2.89 bits per heavy atom. The smallest absolute Gasteiger partial charge is 0.333 e. The summed E-state index contributed by atoms with van der Waals surface area (Å²) in [6, 6.07) is 4.85. The Hall–Kier alpha value is -2.64. The van der Waals surface area contributed by atoms with Crippen LogP contribution < -0.4 is 10.1 Å². The van der Waals surface area contributed by atoms with E-state index in [1.807, 2.05) is 0 Å². The molecular formula is C11H13N5O3. The van der Waals surface area contributed by atoms with Crippen LogP contribution in [0.5, 0.6) is 5.75 Å². The van der Waals surface area contributed by atoms with Crippen molar-refractivity contribution in [3.63, 3.8) is 0 Å². The number of hydrogen-bond donors (Lipinski definition) is 1. The number of nitro benzene ring substituents is 1. The number of nitrogens with zero attached hydrogens (tertiary/aromatic N) is 4. The van der Waals surface area contributed by atoms with Crippen molar-refractivity contribution in [1.82, 2.24) is 14.8 Å². The summed E-state index contributed by atoms with van der Waals surface area (Å²) in [5.41, 5.74) is 0.291. The predicted octanol–water partition coefficient (Wildman–Crippen LogP) is 1.34. The Balaban J connectivity index is 2.25. The monoisotopic (exact) mass is 263 g/mol. The van der Waals surface area contributed by atoms with E-state index >= 15 is 0 Å². The Kier molecular flexibility index (Phi) is 3.60. The van der Waals surface area contributed by atoms with Crippen LogP contribution in [0.4, 0.5) is 11.4 Å². The number of nitro groups is 1. The molecule has 0 bridgehead atoms. The molecule has 0 unspecified atom stereocenters. The maximum absolute atomic E-state index is 11.1. The van der Waals surface area contributed by atoms with Crippen LogP contribution in [0.2, 0.25) is 0 Å². The van der Waals surface area contributed by atoms with E-state index in [4.69, 9.17) is 4.74 Å². The second-order valence-corrected chi connectivity index (χ2v) is 3.83. The van der Waals surface area contributed by atoms with E-state index in [0.29, 0.717) is 18.1 Å². The normalized spacial score (nSPS) is 10.2. The molecule has 0 radical (unpaired) electrons. The summed E-state index contributed by atoms with van der Waals surface area (Å²) in [5.74, 6) is 0.894. The van der Waals surface area contributed by atoms with Crippen LogP contribution in [0.15, 0.2) is 24.5 Å². The molecule has 0 saturated carbocycles. The van der Waals surface area contributed by atoms with Crippen LogP contribution in [0.3, 0.4) is 0 Å². The maximum atomic E-state index is 11.1. The van der Waals surface area contributed by atoms with Gasteiger partial charge in [-0.05, 0) is 12.1 Å². The Morgan fingerprint density at radius 2 is 2.32 bits per heavy atom. The molecule has 0 aliphatic rings. The summed E-state index contributed by atoms with van der Waals surface area (Å²) in [4.78, 5) is 10.6. The van der Waals surface area contributed by atoms with E-state index in [2.05, 4.69) is 15.5 Å². The molecule has 0 saturated heterocycles. The van der Waals surface area contributed by atoms with Gasteiger partial charge >= 0.3 is 5.69 Å². The van der Waals surface area contributed by atoms with Crippen molar-refractivity contribution in [1.29, 1.82) is 0 Å². The molecule has 1 N–H and O–H groups in total. The highest BCUT2D eigenvalue weighted by molar-refractivity contribution is 5.68. The largest absolute Gasteiger partial charge is 0.490 e. The first-order valence-electron chi connectivity index (χ1n) is 5.51. The van der Waals surface area contributed by atoms with Crippen molar-refractivity contribution in [3.05, 3.63) is 40.5 Å². The number of benzene rings is 1. The van der Waals surface area contributed by atoms with Gasteiger partial charge in [0, 0.05) is 7.05 Å². The van der Waals surface area contributed by atoms with Gasteiger partial charge in [-0.15, -0.1) is 10.2 Å². The Labute approximate surface area is 109 Å². The number of methoxy groups -OCH3 is 1. The van der Waals surface area contributed by atoms with Crippen LogP contribution in [0, 0.1) is 10.1 Å². The predicted molar refractivity (Wildman–Crippen MR) is 68.0 cm³/mol. The van der Waals surface area contributed by atoms with E-state index < -0.39 is 4.92 Å². The molecule has 8 heteroatoms. The minimum atomic E-state index is -0.474. The SMILES string of the molecule is COc1cccc(NCc2nncn2C)c1[N+](=O)[O-]. The van der Waals surface area contributed by atoms with Gasteiger partial charge in [-0.3, -0.25) is 10.1 Å². The average Bonchev–Trinajstić information content (AvgIpc) is 2.81. The zero-order valence-electron chi connectivity index (χ0n) is 10.5. The van der Waals surface area contributed by atoms with E-state index in [0.717, 1.165) is 0 Å². The number of ether oxygens (including phenoxy) is 1. The first-order chi connectivity index (χ1) is 9.13. The number of aryl methyl sites for hydroxylation is 1. The third-order valence-corrected chi connectivity index (χ3v) is 2.64. The van der Waals surface area contributed by atoms with Gasteiger partial charge < -0.3 is 14.6 Å².